The van der Waals surface area contributed by atoms with Crippen LogP contribution in [0.3, 0.4) is 0 Å². The van der Waals surface area contributed by atoms with E-state index in [-0.39, 0.29) is 24.0 Å². The maximum atomic E-state index is 4.62. The minimum atomic E-state index is 0. The summed E-state index contributed by atoms with van der Waals surface area (Å²) in [5.74, 6) is 1.98. The topological polar surface area (TPSA) is 59.9 Å². The molecule has 0 amide bonds. The number of nitrogens with one attached hydrogen (secondary N) is 1. The van der Waals surface area contributed by atoms with Crippen molar-refractivity contribution in [1.29, 1.82) is 0 Å². The molecule has 1 aromatic rings. The van der Waals surface area contributed by atoms with Gasteiger partial charge < -0.3 is 20.0 Å². The van der Waals surface area contributed by atoms with Gasteiger partial charge in [-0.15, -0.1) is 24.0 Å². The van der Waals surface area contributed by atoms with Gasteiger partial charge in [-0.1, -0.05) is 26.2 Å². The maximum absolute atomic E-state index is 4.62. The van der Waals surface area contributed by atoms with Crippen LogP contribution in [0.15, 0.2) is 4.99 Å². The zero-order valence-corrected chi connectivity index (χ0v) is 20.7. The minimum absolute atomic E-state index is 0. The zero-order valence-electron chi connectivity index (χ0n) is 17.6. The minimum Gasteiger partial charge on any atom is -0.355 e. The molecule has 2 heterocycles. The SMILES string of the molecule is CCc1nsc(N2CCN(C(=NC)NCCN(C)C3CCCCC3)CC2)n1.I. The summed E-state index contributed by atoms with van der Waals surface area (Å²) in [6.45, 7) is 8.02. The molecule has 160 valence electrons. The largest absolute Gasteiger partial charge is 0.355 e. The van der Waals surface area contributed by atoms with Crippen molar-refractivity contribution in [3.8, 4) is 0 Å². The predicted molar refractivity (Wildman–Crippen MR) is 129 cm³/mol. The van der Waals surface area contributed by atoms with Crippen molar-refractivity contribution < 1.29 is 0 Å². The molecule has 2 aliphatic rings. The van der Waals surface area contributed by atoms with Crippen LogP contribution in [0.25, 0.3) is 0 Å². The highest BCUT2D eigenvalue weighted by Gasteiger charge is 2.22. The third kappa shape index (κ3) is 6.41. The molecule has 0 radical (unpaired) electrons. The summed E-state index contributed by atoms with van der Waals surface area (Å²) >= 11 is 1.52. The Kier molecular flexibility index (Phi) is 10.2. The van der Waals surface area contributed by atoms with E-state index in [1.54, 1.807) is 0 Å². The smallest absolute Gasteiger partial charge is 0.205 e. The molecular formula is C19H36IN7S. The summed E-state index contributed by atoms with van der Waals surface area (Å²) in [6, 6.07) is 0.769. The van der Waals surface area contributed by atoms with Gasteiger partial charge in [-0.25, -0.2) is 4.98 Å². The molecule has 0 aromatic carbocycles. The van der Waals surface area contributed by atoms with Gasteiger partial charge in [0.2, 0.25) is 5.13 Å². The van der Waals surface area contributed by atoms with Crippen molar-refractivity contribution in [2.45, 2.75) is 51.5 Å². The van der Waals surface area contributed by atoms with Gasteiger partial charge in [-0.2, -0.15) is 4.37 Å². The second-order valence-electron chi connectivity index (χ2n) is 7.57. The van der Waals surface area contributed by atoms with Crippen LogP contribution in [-0.2, 0) is 6.42 Å². The highest BCUT2D eigenvalue weighted by molar-refractivity contribution is 14.0. The number of likely N-dealkylation sites (N-methyl/N-ethyl adjacent to an activating group) is 1. The number of piperazine rings is 1. The Morgan fingerprint density at radius 1 is 1.21 bits per heavy atom. The third-order valence-corrected chi connectivity index (χ3v) is 6.60. The Hall–Kier alpha value is -0.680. The molecule has 0 bridgehead atoms. The fourth-order valence-electron chi connectivity index (χ4n) is 4.01. The van der Waals surface area contributed by atoms with E-state index in [9.17, 15) is 0 Å². The average molecular weight is 522 g/mol. The molecular weight excluding hydrogens is 485 g/mol. The van der Waals surface area contributed by atoms with Crippen LogP contribution in [0.4, 0.5) is 5.13 Å². The molecule has 7 nitrogen and oxygen atoms in total. The van der Waals surface area contributed by atoms with Crippen LogP contribution >= 0.6 is 35.5 Å². The van der Waals surface area contributed by atoms with Gasteiger partial charge in [0.15, 0.2) is 5.96 Å². The fraction of sp³-hybridized carbons (Fsp3) is 0.842. The molecule has 1 saturated heterocycles. The summed E-state index contributed by atoms with van der Waals surface area (Å²) < 4.78 is 4.41. The number of aromatic nitrogens is 2. The van der Waals surface area contributed by atoms with E-state index in [2.05, 4.69) is 48.3 Å². The van der Waals surface area contributed by atoms with E-state index in [1.807, 2.05) is 7.05 Å². The molecule has 0 atom stereocenters. The molecule has 2 fully saturated rings. The number of guanidine groups is 1. The number of nitrogens with zero attached hydrogens (tertiary/aromatic N) is 6. The van der Waals surface area contributed by atoms with Crippen LogP contribution < -0.4 is 10.2 Å². The summed E-state index contributed by atoms with van der Waals surface area (Å²) in [5.41, 5.74) is 0. The Balaban J connectivity index is 0.00000280. The molecule has 9 heteroatoms. The van der Waals surface area contributed by atoms with E-state index < -0.39 is 0 Å². The van der Waals surface area contributed by atoms with Crippen LogP contribution in [0.5, 0.6) is 0 Å². The van der Waals surface area contributed by atoms with E-state index in [0.29, 0.717) is 0 Å². The first-order valence-electron chi connectivity index (χ1n) is 10.4. The first-order chi connectivity index (χ1) is 13.2. The van der Waals surface area contributed by atoms with Gasteiger partial charge in [0.25, 0.3) is 0 Å². The van der Waals surface area contributed by atoms with Gasteiger partial charge >= 0.3 is 0 Å². The number of rotatable bonds is 6. The van der Waals surface area contributed by atoms with Crippen molar-refractivity contribution in [3.05, 3.63) is 5.82 Å². The zero-order chi connectivity index (χ0) is 19.1. The molecule has 1 aliphatic heterocycles. The Labute approximate surface area is 191 Å². The summed E-state index contributed by atoms with van der Waals surface area (Å²) in [4.78, 5) is 16.4. The van der Waals surface area contributed by atoms with Crippen molar-refractivity contribution >= 4 is 46.6 Å². The number of anilines is 1. The first-order valence-corrected chi connectivity index (χ1v) is 11.2. The number of aryl methyl sites for hydroxylation is 1. The molecule has 1 saturated carbocycles. The van der Waals surface area contributed by atoms with E-state index >= 15 is 0 Å². The highest BCUT2D eigenvalue weighted by Crippen LogP contribution is 2.21. The quantitative estimate of drug-likeness (QED) is 0.353. The van der Waals surface area contributed by atoms with Crippen molar-refractivity contribution in [1.82, 2.24) is 24.5 Å². The van der Waals surface area contributed by atoms with Crippen molar-refractivity contribution in [3.63, 3.8) is 0 Å². The van der Waals surface area contributed by atoms with E-state index in [1.165, 1.54) is 43.6 Å². The summed E-state index contributed by atoms with van der Waals surface area (Å²) in [5, 5.41) is 4.63. The lowest BCUT2D eigenvalue weighted by Gasteiger charge is -2.36. The number of aliphatic imine (C=N–C) groups is 1. The first kappa shape index (κ1) is 23.6. The van der Waals surface area contributed by atoms with E-state index in [0.717, 1.165) is 68.6 Å². The fourth-order valence-corrected chi connectivity index (χ4v) is 4.81. The second-order valence-corrected chi connectivity index (χ2v) is 8.30. The lowest BCUT2D eigenvalue weighted by Crippen LogP contribution is -2.53. The summed E-state index contributed by atoms with van der Waals surface area (Å²) in [6.07, 6.45) is 7.82. The van der Waals surface area contributed by atoms with Gasteiger partial charge in [0, 0.05) is 70.3 Å². The highest BCUT2D eigenvalue weighted by atomic mass is 127. The van der Waals surface area contributed by atoms with Crippen LogP contribution in [0.1, 0.15) is 44.9 Å². The molecule has 1 aliphatic carbocycles. The molecule has 0 spiro atoms. The maximum Gasteiger partial charge on any atom is 0.205 e. The predicted octanol–water partition coefficient (Wildman–Crippen LogP) is 2.68. The normalized spacial score (nSPS) is 19.1. The number of hydrogen-bond acceptors (Lipinski definition) is 6. The Bertz CT molecular complexity index is 595. The standard InChI is InChI=1S/C19H35N7S.HI/c1-4-17-22-19(27-23-17)26-14-12-25(13-15-26)18(20-2)21-10-11-24(3)16-8-6-5-7-9-16;/h16H,4-15H2,1-3H3,(H,20,21);1H. The molecule has 0 unspecified atom stereocenters. The Morgan fingerprint density at radius 2 is 1.93 bits per heavy atom. The second kappa shape index (κ2) is 12.1. The van der Waals surface area contributed by atoms with Gasteiger partial charge in [0.05, 0.1) is 0 Å². The van der Waals surface area contributed by atoms with Crippen LogP contribution in [0, 0.1) is 0 Å². The molecule has 1 aromatic heterocycles. The van der Waals surface area contributed by atoms with Crippen molar-refractivity contribution in [2.75, 3.05) is 58.3 Å². The van der Waals surface area contributed by atoms with Gasteiger partial charge in [-0.05, 0) is 19.9 Å². The lowest BCUT2D eigenvalue weighted by molar-refractivity contribution is 0.194. The van der Waals surface area contributed by atoms with Crippen LogP contribution in [-0.4, -0.2) is 84.5 Å². The molecule has 3 rings (SSSR count). The van der Waals surface area contributed by atoms with Gasteiger partial charge in [0.1, 0.15) is 5.82 Å². The average Bonchev–Trinajstić information content (AvgIpc) is 3.21. The molecule has 1 N–H and O–H groups in total. The summed E-state index contributed by atoms with van der Waals surface area (Å²) in [7, 11) is 4.16. The third-order valence-electron chi connectivity index (χ3n) is 5.78. The molecule has 28 heavy (non-hydrogen) atoms. The van der Waals surface area contributed by atoms with Crippen LogP contribution in [0.2, 0.25) is 0 Å². The lowest BCUT2D eigenvalue weighted by atomic mass is 9.94. The Morgan fingerprint density at radius 3 is 2.54 bits per heavy atom. The van der Waals surface area contributed by atoms with Gasteiger partial charge in [-0.3, -0.25) is 4.99 Å². The number of halogens is 1. The van der Waals surface area contributed by atoms with Crippen molar-refractivity contribution in [2.24, 2.45) is 4.99 Å². The monoisotopic (exact) mass is 521 g/mol. The van der Waals surface area contributed by atoms with E-state index in [4.69, 9.17) is 0 Å². The number of hydrogen-bond donors (Lipinski definition) is 1.